The molecule has 0 aliphatic carbocycles. The van der Waals surface area contributed by atoms with Crippen molar-refractivity contribution >= 4 is 22.9 Å². The molecule has 1 aromatic carbocycles. The summed E-state index contributed by atoms with van der Waals surface area (Å²) in [6.07, 6.45) is 0.124. The molecule has 22 heavy (non-hydrogen) atoms. The summed E-state index contributed by atoms with van der Waals surface area (Å²) in [5.74, 6) is 0. The number of benzene rings is 1. The first-order valence-corrected chi connectivity index (χ1v) is 8.70. The fraction of sp³-hybridized carbons (Fsp3) is 0.438. The van der Waals surface area contributed by atoms with Gasteiger partial charge in [0.05, 0.1) is 30.0 Å². The van der Waals surface area contributed by atoms with Crippen LogP contribution in [0.2, 0.25) is 5.02 Å². The van der Waals surface area contributed by atoms with Crippen molar-refractivity contribution in [3.05, 3.63) is 51.4 Å². The molecule has 4 nitrogen and oxygen atoms in total. The van der Waals surface area contributed by atoms with E-state index >= 15 is 0 Å². The Bertz CT molecular complexity index is 576. The second-order valence-corrected chi connectivity index (χ2v) is 6.72. The topological polar surface area (TPSA) is 37.4 Å². The van der Waals surface area contributed by atoms with Crippen molar-refractivity contribution in [2.45, 2.75) is 18.7 Å². The summed E-state index contributed by atoms with van der Waals surface area (Å²) >= 11 is 7.63. The minimum atomic E-state index is 0.124. The van der Waals surface area contributed by atoms with Gasteiger partial charge in [0.15, 0.2) is 0 Å². The SMILES string of the molecule is CN1CCO[C@@H]([C@@H](NCc2cscn2)c2ccc(Cl)cc2)C1. The molecule has 118 valence electrons. The number of nitrogens with one attached hydrogen (secondary N) is 1. The first kappa shape index (κ1) is 15.9. The fourth-order valence-corrected chi connectivity index (χ4v) is 3.37. The third-order valence-corrected chi connectivity index (χ3v) is 4.77. The van der Waals surface area contributed by atoms with Crippen molar-refractivity contribution in [3.8, 4) is 0 Å². The number of rotatable bonds is 5. The summed E-state index contributed by atoms with van der Waals surface area (Å²) < 4.78 is 6.01. The predicted molar refractivity (Wildman–Crippen MR) is 90.4 cm³/mol. The Morgan fingerprint density at radius 1 is 1.45 bits per heavy atom. The highest BCUT2D eigenvalue weighted by Gasteiger charge is 2.27. The highest BCUT2D eigenvalue weighted by atomic mass is 35.5. The molecule has 0 amide bonds. The fourth-order valence-electron chi connectivity index (χ4n) is 2.69. The summed E-state index contributed by atoms with van der Waals surface area (Å²) in [5, 5.41) is 6.42. The van der Waals surface area contributed by atoms with Gasteiger partial charge in [-0.1, -0.05) is 23.7 Å². The summed E-state index contributed by atoms with van der Waals surface area (Å²) in [5.41, 5.74) is 4.12. The smallest absolute Gasteiger partial charge is 0.0896 e. The molecule has 0 radical (unpaired) electrons. The van der Waals surface area contributed by atoms with E-state index in [9.17, 15) is 0 Å². The number of likely N-dealkylation sites (N-methyl/N-ethyl adjacent to an activating group) is 1. The van der Waals surface area contributed by atoms with Crippen LogP contribution in [0, 0.1) is 0 Å². The van der Waals surface area contributed by atoms with Gasteiger partial charge in [-0.2, -0.15) is 0 Å². The molecule has 0 bridgehead atoms. The number of morpholine rings is 1. The van der Waals surface area contributed by atoms with E-state index in [0.717, 1.165) is 37.0 Å². The van der Waals surface area contributed by atoms with Gasteiger partial charge in [-0.15, -0.1) is 11.3 Å². The van der Waals surface area contributed by atoms with Crippen LogP contribution in [0.3, 0.4) is 0 Å². The Hall–Kier alpha value is -0.980. The zero-order valence-corrected chi connectivity index (χ0v) is 14.1. The molecule has 0 unspecified atom stereocenters. The minimum absolute atomic E-state index is 0.124. The Labute approximate surface area is 140 Å². The summed E-state index contributed by atoms with van der Waals surface area (Å²) in [6, 6.07) is 8.13. The zero-order chi connectivity index (χ0) is 15.4. The third kappa shape index (κ3) is 4.06. The summed E-state index contributed by atoms with van der Waals surface area (Å²) in [6.45, 7) is 3.40. The highest BCUT2D eigenvalue weighted by Crippen LogP contribution is 2.24. The van der Waals surface area contributed by atoms with Crippen LogP contribution in [0.1, 0.15) is 17.3 Å². The van der Waals surface area contributed by atoms with Crippen LogP contribution in [0.25, 0.3) is 0 Å². The van der Waals surface area contributed by atoms with Crippen molar-refractivity contribution in [3.63, 3.8) is 0 Å². The summed E-state index contributed by atoms with van der Waals surface area (Å²) in [4.78, 5) is 6.65. The minimum Gasteiger partial charge on any atom is -0.374 e. The first-order chi connectivity index (χ1) is 10.7. The molecule has 1 fully saturated rings. The quantitative estimate of drug-likeness (QED) is 0.910. The van der Waals surface area contributed by atoms with Crippen LogP contribution in [0.5, 0.6) is 0 Å². The van der Waals surface area contributed by atoms with E-state index in [1.807, 2.05) is 17.6 Å². The van der Waals surface area contributed by atoms with Gasteiger partial charge in [0, 0.05) is 30.0 Å². The average molecular weight is 338 g/mol. The van der Waals surface area contributed by atoms with Crippen molar-refractivity contribution in [1.29, 1.82) is 0 Å². The number of thiazole rings is 1. The molecule has 1 saturated heterocycles. The monoisotopic (exact) mass is 337 g/mol. The molecule has 2 aromatic rings. The Morgan fingerprint density at radius 3 is 2.95 bits per heavy atom. The largest absolute Gasteiger partial charge is 0.374 e. The van der Waals surface area contributed by atoms with E-state index in [1.165, 1.54) is 5.56 Å². The zero-order valence-electron chi connectivity index (χ0n) is 12.5. The lowest BCUT2D eigenvalue weighted by molar-refractivity contribution is -0.0396. The van der Waals surface area contributed by atoms with Crippen LogP contribution in [-0.2, 0) is 11.3 Å². The Kier molecular flexibility index (Phi) is 5.44. The van der Waals surface area contributed by atoms with Crippen molar-refractivity contribution in [2.75, 3.05) is 26.7 Å². The standard InChI is InChI=1S/C16H20ClN3OS/c1-20-6-7-21-15(9-20)16(12-2-4-13(17)5-3-12)18-8-14-10-22-11-19-14/h2-5,10-11,15-16,18H,6-9H2,1H3/t15-,16+/m1/s1. The molecule has 6 heteroatoms. The molecule has 2 heterocycles. The van der Waals surface area contributed by atoms with Gasteiger partial charge in [-0.3, -0.25) is 0 Å². The van der Waals surface area contributed by atoms with Crippen LogP contribution in [0.15, 0.2) is 35.2 Å². The van der Waals surface area contributed by atoms with Gasteiger partial charge in [-0.05, 0) is 24.7 Å². The first-order valence-electron chi connectivity index (χ1n) is 7.38. The van der Waals surface area contributed by atoms with E-state index in [1.54, 1.807) is 11.3 Å². The second-order valence-electron chi connectivity index (χ2n) is 5.56. The molecule has 1 N–H and O–H groups in total. The van der Waals surface area contributed by atoms with Gasteiger partial charge >= 0.3 is 0 Å². The van der Waals surface area contributed by atoms with Crippen molar-refractivity contribution in [2.24, 2.45) is 0 Å². The molecular formula is C16H20ClN3OS. The van der Waals surface area contributed by atoms with Gasteiger partial charge in [0.2, 0.25) is 0 Å². The molecule has 0 spiro atoms. The normalized spacial score (nSPS) is 20.9. The van der Waals surface area contributed by atoms with E-state index in [2.05, 4.69) is 39.8 Å². The molecule has 1 aromatic heterocycles. The molecule has 2 atom stereocenters. The van der Waals surface area contributed by atoms with Gasteiger partial charge in [0.1, 0.15) is 0 Å². The number of hydrogen-bond acceptors (Lipinski definition) is 5. The van der Waals surface area contributed by atoms with E-state index in [4.69, 9.17) is 16.3 Å². The van der Waals surface area contributed by atoms with Gasteiger partial charge in [-0.25, -0.2) is 4.98 Å². The lowest BCUT2D eigenvalue weighted by atomic mass is 10.00. The number of hydrogen-bond donors (Lipinski definition) is 1. The summed E-state index contributed by atoms with van der Waals surface area (Å²) in [7, 11) is 2.13. The lowest BCUT2D eigenvalue weighted by Crippen LogP contribution is -2.46. The maximum atomic E-state index is 6.02. The number of nitrogens with zero attached hydrogens (tertiary/aromatic N) is 2. The maximum absolute atomic E-state index is 6.02. The molecule has 1 aliphatic rings. The van der Waals surface area contributed by atoms with Gasteiger partial charge < -0.3 is 15.0 Å². The van der Waals surface area contributed by atoms with Crippen LogP contribution >= 0.6 is 22.9 Å². The molecule has 3 rings (SSSR count). The second kappa shape index (κ2) is 7.53. The lowest BCUT2D eigenvalue weighted by Gasteiger charge is -2.35. The molecule has 0 saturated carbocycles. The average Bonchev–Trinajstić information content (AvgIpc) is 3.03. The van der Waals surface area contributed by atoms with E-state index in [-0.39, 0.29) is 12.1 Å². The van der Waals surface area contributed by atoms with Crippen LogP contribution in [0.4, 0.5) is 0 Å². The molecule has 1 aliphatic heterocycles. The van der Waals surface area contributed by atoms with Crippen molar-refractivity contribution in [1.82, 2.24) is 15.2 Å². The predicted octanol–water partition coefficient (Wildman–Crippen LogP) is 2.96. The maximum Gasteiger partial charge on any atom is 0.0896 e. The van der Waals surface area contributed by atoms with Crippen molar-refractivity contribution < 1.29 is 4.74 Å². The van der Waals surface area contributed by atoms with Gasteiger partial charge in [0.25, 0.3) is 0 Å². The van der Waals surface area contributed by atoms with E-state index in [0.29, 0.717) is 0 Å². The number of aromatic nitrogens is 1. The Morgan fingerprint density at radius 2 is 2.27 bits per heavy atom. The Balaban J connectivity index is 1.76. The highest BCUT2D eigenvalue weighted by molar-refractivity contribution is 7.07. The van der Waals surface area contributed by atoms with E-state index < -0.39 is 0 Å². The third-order valence-electron chi connectivity index (χ3n) is 3.88. The van der Waals surface area contributed by atoms with Crippen LogP contribution in [-0.4, -0.2) is 42.7 Å². The number of ether oxygens (including phenoxy) is 1. The van der Waals surface area contributed by atoms with Crippen LogP contribution < -0.4 is 5.32 Å². The number of halogens is 1. The molecular weight excluding hydrogens is 318 g/mol.